The smallest absolute Gasteiger partial charge is 0.0726 e. The Morgan fingerprint density at radius 3 is 2.40 bits per heavy atom. The molecule has 0 amide bonds. The van der Waals surface area contributed by atoms with Gasteiger partial charge >= 0.3 is 0 Å². The number of thiol groups is 1. The Morgan fingerprint density at radius 2 is 1.90 bits per heavy atom. The highest BCUT2D eigenvalue weighted by Crippen LogP contribution is 2.30. The zero-order chi connectivity index (χ0) is 7.72. The maximum absolute atomic E-state index is 5.74. The van der Waals surface area contributed by atoms with Crippen LogP contribution in [0.5, 0.6) is 0 Å². The first-order valence-corrected chi connectivity index (χ1v) is 4.73. The lowest BCUT2D eigenvalue weighted by Crippen LogP contribution is -1.75. The zero-order valence-electron chi connectivity index (χ0n) is 4.74. The largest absolute Gasteiger partial charge is 0.142 e. The molecule has 0 saturated carbocycles. The van der Waals surface area contributed by atoms with E-state index in [2.05, 4.69) is 35.2 Å². The van der Waals surface area contributed by atoms with Gasteiger partial charge in [0.15, 0.2) is 0 Å². The number of halogens is 3. The fourth-order valence-corrected chi connectivity index (χ4v) is 2.25. The monoisotopic (exact) mass is 304 g/mol. The molecule has 4 heteroatoms. The molecule has 0 heterocycles. The molecule has 1 aromatic carbocycles. The van der Waals surface area contributed by atoms with Gasteiger partial charge in [0.25, 0.3) is 0 Å². The molecule has 0 fully saturated rings. The summed E-state index contributed by atoms with van der Waals surface area (Å²) >= 11 is 17.7. The van der Waals surface area contributed by atoms with Gasteiger partial charge in [-0.1, -0.05) is 23.2 Å². The summed E-state index contributed by atoms with van der Waals surface area (Å²) in [4.78, 5) is 0.721. The molecule has 0 atom stereocenters. The minimum atomic E-state index is 0.519. The van der Waals surface area contributed by atoms with Gasteiger partial charge in [-0.25, -0.2) is 0 Å². The summed E-state index contributed by atoms with van der Waals surface area (Å²) in [6.07, 6.45) is 0. The van der Waals surface area contributed by atoms with Gasteiger partial charge in [-0.15, -0.1) is 12.6 Å². The Balaban J connectivity index is 3.31. The minimum Gasteiger partial charge on any atom is -0.142 e. The van der Waals surface area contributed by atoms with Crippen LogP contribution in [0.3, 0.4) is 0 Å². The van der Waals surface area contributed by atoms with Gasteiger partial charge < -0.3 is 0 Å². The van der Waals surface area contributed by atoms with Crippen molar-refractivity contribution in [3.05, 3.63) is 25.7 Å². The van der Waals surface area contributed by atoms with Gasteiger partial charge in [-0.05, 0) is 34.7 Å². The highest BCUT2D eigenvalue weighted by molar-refractivity contribution is 14.1. The molecule has 0 radical (unpaired) electrons. The van der Waals surface area contributed by atoms with E-state index in [1.165, 1.54) is 0 Å². The summed E-state index contributed by atoms with van der Waals surface area (Å²) < 4.78 is 1.04. The highest BCUT2D eigenvalue weighted by Gasteiger charge is 2.01. The lowest BCUT2D eigenvalue weighted by atomic mass is 10.4. The van der Waals surface area contributed by atoms with Crippen LogP contribution < -0.4 is 0 Å². The van der Waals surface area contributed by atoms with Crippen LogP contribution in [0.4, 0.5) is 0 Å². The lowest BCUT2D eigenvalue weighted by molar-refractivity contribution is 1.44. The van der Waals surface area contributed by atoms with E-state index in [0.29, 0.717) is 10.0 Å². The molecule has 0 aliphatic carbocycles. The Labute approximate surface area is 88.5 Å². The molecule has 0 aliphatic heterocycles. The van der Waals surface area contributed by atoms with Gasteiger partial charge in [-0.3, -0.25) is 0 Å². The van der Waals surface area contributed by atoms with Crippen molar-refractivity contribution in [3.63, 3.8) is 0 Å². The van der Waals surface area contributed by atoms with Crippen LogP contribution >= 0.6 is 58.4 Å². The average molecular weight is 305 g/mol. The fourth-order valence-electron chi connectivity index (χ4n) is 0.542. The molecule has 1 rings (SSSR count). The number of hydrogen-bond donors (Lipinski definition) is 1. The lowest BCUT2D eigenvalue weighted by Gasteiger charge is -1.99. The minimum absolute atomic E-state index is 0.519. The predicted octanol–water partition coefficient (Wildman–Crippen LogP) is 3.89. The second-order valence-electron chi connectivity index (χ2n) is 1.72. The van der Waals surface area contributed by atoms with Crippen molar-refractivity contribution in [2.24, 2.45) is 0 Å². The molecular weight excluding hydrogens is 302 g/mol. The standard InChI is InChI=1S/C6H3Cl2IS/c7-4-1-3(9)2-5(10)6(4)8/h1-2,10H. The third kappa shape index (κ3) is 1.94. The number of hydrogen-bond acceptors (Lipinski definition) is 1. The number of benzene rings is 1. The second kappa shape index (κ2) is 3.52. The van der Waals surface area contributed by atoms with Crippen LogP contribution in [0, 0.1) is 3.57 Å². The SMILES string of the molecule is Sc1cc(I)cc(Cl)c1Cl. The molecule has 0 bridgehead atoms. The third-order valence-electron chi connectivity index (χ3n) is 0.974. The molecule has 0 nitrogen and oxygen atoms in total. The van der Waals surface area contributed by atoms with Gasteiger partial charge in [0.1, 0.15) is 0 Å². The molecule has 0 aliphatic rings. The Morgan fingerprint density at radius 1 is 1.30 bits per heavy atom. The Bertz CT molecular complexity index is 239. The first-order valence-electron chi connectivity index (χ1n) is 2.45. The quantitative estimate of drug-likeness (QED) is 0.420. The average Bonchev–Trinajstić information content (AvgIpc) is 1.82. The van der Waals surface area contributed by atoms with E-state index in [1.54, 1.807) is 6.07 Å². The van der Waals surface area contributed by atoms with E-state index < -0.39 is 0 Å². The summed E-state index contributed by atoms with van der Waals surface area (Å²) in [5.41, 5.74) is 0. The molecule has 0 N–H and O–H groups in total. The second-order valence-corrected chi connectivity index (χ2v) is 4.23. The zero-order valence-corrected chi connectivity index (χ0v) is 9.30. The third-order valence-corrected chi connectivity index (χ3v) is 2.88. The van der Waals surface area contributed by atoms with Crippen LogP contribution in [0.1, 0.15) is 0 Å². The maximum Gasteiger partial charge on any atom is 0.0726 e. The van der Waals surface area contributed by atoms with Gasteiger partial charge in [0, 0.05) is 8.47 Å². The normalized spacial score (nSPS) is 10.0. The molecule has 0 unspecified atom stereocenters. The van der Waals surface area contributed by atoms with Gasteiger partial charge in [-0.2, -0.15) is 0 Å². The van der Waals surface area contributed by atoms with Gasteiger partial charge in [0.05, 0.1) is 10.0 Å². The van der Waals surface area contributed by atoms with E-state index in [9.17, 15) is 0 Å². The molecule has 0 saturated heterocycles. The highest BCUT2D eigenvalue weighted by atomic mass is 127. The number of rotatable bonds is 0. The van der Waals surface area contributed by atoms with E-state index in [-0.39, 0.29) is 0 Å². The van der Waals surface area contributed by atoms with Crippen molar-refractivity contribution in [1.82, 2.24) is 0 Å². The summed E-state index contributed by atoms with van der Waals surface area (Å²) in [5, 5.41) is 1.07. The van der Waals surface area contributed by atoms with Crippen LogP contribution in [0.15, 0.2) is 17.0 Å². The molecule has 54 valence electrons. The molecule has 0 aromatic heterocycles. The molecule has 10 heavy (non-hydrogen) atoms. The van der Waals surface area contributed by atoms with Gasteiger partial charge in [0.2, 0.25) is 0 Å². The summed E-state index contributed by atoms with van der Waals surface area (Å²) in [5.74, 6) is 0. The van der Waals surface area contributed by atoms with Crippen molar-refractivity contribution in [1.29, 1.82) is 0 Å². The van der Waals surface area contributed by atoms with Crippen LogP contribution in [-0.4, -0.2) is 0 Å². The van der Waals surface area contributed by atoms with Crippen molar-refractivity contribution in [3.8, 4) is 0 Å². The van der Waals surface area contributed by atoms with Crippen molar-refractivity contribution >= 4 is 58.4 Å². The predicted molar refractivity (Wildman–Crippen MR) is 56.4 cm³/mol. The Hall–Kier alpha value is 0.880. The van der Waals surface area contributed by atoms with E-state index in [1.807, 2.05) is 6.07 Å². The van der Waals surface area contributed by atoms with Crippen LogP contribution in [0.25, 0.3) is 0 Å². The van der Waals surface area contributed by atoms with Crippen molar-refractivity contribution in [2.45, 2.75) is 4.90 Å². The van der Waals surface area contributed by atoms with E-state index in [0.717, 1.165) is 8.47 Å². The first-order chi connectivity index (χ1) is 4.61. The molecule has 1 aromatic rings. The topological polar surface area (TPSA) is 0 Å². The molecule has 0 spiro atoms. The van der Waals surface area contributed by atoms with Crippen molar-refractivity contribution in [2.75, 3.05) is 0 Å². The molecular formula is C6H3Cl2IS. The Kier molecular flexibility index (Phi) is 3.16. The summed E-state index contributed by atoms with van der Waals surface area (Å²) in [6.45, 7) is 0. The van der Waals surface area contributed by atoms with Crippen LogP contribution in [-0.2, 0) is 0 Å². The first kappa shape index (κ1) is 8.97. The summed E-state index contributed by atoms with van der Waals surface area (Å²) in [6, 6.07) is 3.65. The fraction of sp³-hybridized carbons (Fsp3) is 0. The maximum atomic E-state index is 5.74. The van der Waals surface area contributed by atoms with E-state index >= 15 is 0 Å². The van der Waals surface area contributed by atoms with Crippen LogP contribution in [0.2, 0.25) is 10.0 Å². The van der Waals surface area contributed by atoms with Crippen molar-refractivity contribution < 1.29 is 0 Å². The van der Waals surface area contributed by atoms with E-state index in [4.69, 9.17) is 23.2 Å². The summed E-state index contributed by atoms with van der Waals surface area (Å²) in [7, 11) is 0.